The highest BCUT2D eigenvalue weighted by Crippen LogP contribution is 2.18. The molecule has 1 aromatic carbocycles. The number of nitrogens with one attached hydrogen (secondary N) is 1. The molecule has 0 aliphatic heterocycles. The molecule has 1 atom stereocenters. The fourth-order valence-corrected chi connectivity index (χ4v) is 2.02. The molecule has 21 heavy (non-hydrogen) atoms. The lowest BCUT2D eigenvalue weighted by Gasteiger charge is -2.15. The lowest BCUT2D eigenvalue weighted by atomic mass is 10.1. The lowest BCUT2D eigenvalue weighted by Crippen LogP contribution is -2.27. The van der Waals surface area contributed by atoms with Crippen LogP contribution >= 0.6 is 0 Å². The summed E-state index contributed by atoms with van der Waals surface area (Å²) in [7, 11) is 1.78. The van der Waals surface area contributed by atoms with Crippen molar-refractivity contribution in [2.75, 3.05) is 5.32 Å². The molecular formula is C13H13N7O. The third kappa shape index (κ3) is 2.78. The Bertz CT molecular complexity index is 720. The third-order valence-corrected chi connectivity index (χ3v) is 2.96. The van der Waals surface area contributed by atoms with Gasteiger partial charge in [0.25, 0.3) is 5.91 Å². The molecule has 0 radical (unpaired) electrons. The van der Waals surface area contributed by atoms with E-state index >= 15 is 0 Å². The van der Waals surface area contributed by atoms with E-state index in [0.29, 0.717) is 5.82 Å². The maximum atomic E-state index is 12.5. The van der Waals surface area contributed by atoms with Gasteiger partial charge in [-0.15, -0.1) is 5.10 Å². The Kier molecular flexibility index (Phi) is 3.42. The van der Waals surface area contributed by atoms with Crippen LogP contribution in [-0.2, 0) is 11.8 Å². The van der Waals surface area contributed by atoms with Crippen molar-refractivity contribution in [2.24, 2.45) is 7.05 Å². The second kappa shape index (κ2) is 5.53. The maximum Gasteiger partial charge on any atom is 0.255 e. The molecule has 1 unspecified atom stereocenters. The van der Waals surface area contributed by atoms with Crippen LogP contribution in [0.25, 0.3) is 0 Å². The van der Waals surface area contributed by atoms with E-state index in [1.807, 2.05) is 30.3 Å². The number of amides is 1. The van der Waals surface area contributed by atoms with Crippen LogP contribution in [0, 0.1) is 0 Å². The zero-order valence-corrected chi connectivity index (χ0v) is 11.3. The third-order valence-electron chi connectivity index (χ3n) is 2.96. The summed E-state index contributed by atoms with van der Waals surface area (Å²) in [5, 5.41) is 17.9. The molecule has 0 saturated heterocycles. The minimum absolute atomic E-state index is 0.257. The molecule has 1 amide bonds. The molecule has 8 heteroatoms. The quantitative estimate of drug-likeness (QED) is 0.758. The summed E-state index contributed by atoms with van der Waals surface area (Å²) in [6.07, 6.45) is 3.17. The Balaban J connectivity index is 1.90. The fraction of sp³-hybridized carbons (Fsp3) is 0.154. The molecule has 2 aromatic heterocycles. The summed E-state index contributed by atoms with van der Waals surface area (Å²) in [5.41, 5.74) is 0.790. The minimum Gasteiger partial charge on any atom is -0.307 e. The topological polar surface area (TPSA) is 90.5 Å². The number of hydrogen-bond donors (Lipinski definition) is 1. The molecule has 0 saturated carbocycles. The molecule has 0 bridgehead atoms. The second-order valence-electron chi connectivity index (χ2n) is 4.47. The first-order valence-electron chi connectivity index (χ1n) is 6.32. The van der Waals surface area contributed by atoms with Gasteiger partial charge in [0, 0.05) is 19.3 Å². The average Bonchev–Trinajstić information content (AvgIpc) is 3.13. The van der Waals surface area contributed by atoms with Gasteiger partial charge in [0.15, 0.2) is 11.9 Å². The molecule has 8 nitrogen and oxygen atoms in total. The Morgan fingerprint density at radius 3 is 2.67 bits per heavy atom. The van der Waals surface area contributed by atoms with E-state index in [0.717, 1.165) is 5.56 Å². The molecule has 0 aliphatic rings. The number of rotatable bonds is 4. The van der Waals surface area contributed by atoms with Gasteiger partial charge in [-0.2, -0.15) is 5.10 Å². The first kappa shape index (κ1) is 13.0. The zero-order valence-electron chi connectivity index (χ0n) is 11.3. The van der Waals surface area contributed by atoms with E-state index in [9.17, 15) is 4.79 Å². The first-order valence-corrected chi connectivity index (χ1v) is 6.32. The zero-order chi connectivity index (χ0) is 14.7. The molecule has 3 aromatic rings. The van der Waals surface area contributed by atoms with Gasteiger partial charge in [-0.3, -0.25) is 9.48 Å². The first-order chi connectivity index (χ1) is 10.2. The predicted molar refractivity (Wildman–Crippen MR) is 74.2 cm³/mol. The van der Waals surface area contributed by atoms with Crippen LogP contribution in [0.2, 0.25) is 0 Å². The number of carbonyl (C=O) groups is 1. The second-order valence-corrected chi connectivity index (χ2v) is 4.47. The van der Waals surface area contributed by atoms with E-state index in [2.05, 4.69) is 25.9 Å². The van der Waals surface area contributed by atoms with Crippen LogP contribution in [-0.4, -0.2) is 35.9 Å². The summed E-state index contributed by atoms with van der Waals surface area (Å²) < 4.78 is 3.03. The Labute approximate surface area is 120 Å². The smallest absolute Gasteiger partial charge is 0.255 e. The average molecular weight is 283 g/mol. The van der Waals surface area contributed by atoms with E-state index in [4.69, 9.17) is 0 Å². The van der Waals surface area contributed by atoms with Crippen molar-refractivity contribution < 1.29 is 4.79 Å². The Morgan fingerprint density at radius 1 is 1.24 bits per heavy atom. The number of anilines is 1. The minimum atomic E-state index is -0.650. The van der Waals surface area contributed by atoms with Gasteiger partial charge in [0.1, 0.15) is 6.33 Å². The number of tetrazole rings is 1. The van der Waals surface area contributed by atoms with Crippen LogP contribution < -0.4 is 5.32 Å². The van der Waals surface area contributed by atoms with Gasteiger partial charge < -0.3 is 5.32 Å². The largest absolute Gasteiger partial charge is 0.307 e. The molecule has 2 heterocycles. The lowest BCUT2D eigenvalue weighted by molar-refractivity contribution is -0.118. The predicted octanol–water partition coefficient (Wildman–Crippen LogP) is 0.635. The van der Waals surface area contributed by atoms with Gasteiger partial charge in [-0.1, -0.05) is 30.3 Å². The number of nitrogens with zero attached hydrogens (tertiary/aromatic N) is 6. The number of benzene rings is 1. The van der Waals surface area contributed by atoms with Crippen molar-refractivity contribution >= 4 is 11.7 Å². The van der Waals surface area contributed by atoms with Crippen LogP contribution in [0.4, 0.5) is 5.82 Å². The highest BCUT2D eigenvalue weighted by molar-refractivity contribution is 5.94. The SMILES string of the molecule is Cn1ccc(NC(=O)C(c2ccccc2)n2cnnn2)n1. The van der Waals surface area contributed by atoms with Crippen molar-refractivity contribution in [3.8, 4) is 0 Å². The Morgan fingerprint density at radius 2 is 2.05 bits per heavy atom. The van der Waals surface area contributed by atoms with Gasteiger partial charge >= 0.3 is 0 Å². The highest BCUT2D eigenvalue weighted by atomic mass is 16.2. The molecule has 106 valence electrons. The fourth-order valence-electron chi connectivity index (χ4n) is 2.02. The summed E-state index contributed by atoms with van der Waals surface area (Å²) in [6.45, 7) is 0. The summed E-state index contributed by atoms with van der Waals surface area (Å²) in [4.78, 5) is 12.5. The molecule has 1 N–H and O–H groups in total. The van der Waals surface area contributed by atoms with Crippen LogP contribution in [0.3, 0.4) is 0 Å². The van der Waals surface area contributed by atoms with Gasteiger partial charge in [-0.05, 0) is 16.0 Å². The van der Waals surface area contributed by atoms with Crippen LogP contribution in [0.15, 0.2) is 48.9 Å². The monoisotopic (exact) mass is 283 g/mol. The van der Waals surface area contributed by atoms with Gasteiger partial charge in [-0.25, -0.2) is 4.68 Å². The number of carbonyl (C=O) groups excluding carboxylic acids is 1. The van der Waals surface area contributed by atoms with E-state index in [1.165, 1.54) is 11.0 Å². The Hall–Kier alpha value is -3.03. The maximum absolute atomic E-state index is 12.5. The standard InChI is InChI=1S/C13H13N7O/c1-19-8-7-11(16-19)15-13(21)12(20-9-14-17-18-20)10-5-3-2-4-6-10/h2-9,12H,1H3,(H,15,16,21). The van der Waals surface area contributed by atoms with Crippen molar-refractivity contribution in [1.82, 2.24) is 30.0 Å². The number of aromatic nitrogens is 6. The van der Waals surface area contributed by atoms with E-state index in [-0.39, 0.29) is 5.91 Å². The highest BCUT2D eigenvalue weighted by Gasteiger charge is 2.24. The van der Waals surface area contributed by atoms with Crippen LogP contribution in [0.5, 0.6) is 0 Å². The van der Waals surface area contributed by atoms with Crippen molar-refractivity contribution in [2.45, 2.75) is 6.04 Å². The van der Waals surface area contributed by atoms with Crippen molar-refractivity contribution in [3.63, 3.8) is 0 Å². The molecular weight excluding hydrogens is 270 g/mol. The van der Waals surface area contributed by atoms with E-state index in [1.54, 1.807) is 24.0 Å². The number of aryl methyl sites for hydroxylation is 1. The molecule has 0 fully saturated rings. The molecule has 3 rings (SSSR count). The van der Waals surface area contributed by atoms with Gasteiger partial charge in [0.2, 0.25) is 0 Å². The van der Waals surface area contributed by atoms with E-state index < -0.39 is 6.04 Å². The van der Waals surface area contributed by atoms with Crippen LogP contribution in [0.1, 0.15) is 11.6 Å². The summed E-state index contributed by atoms with van der Waals surface area (Å²) in [5.74, 6) is 0.226. The van der Waals surface area contributed by atoms with Crippen molar-refractivity contribution in [1.29, 1.82) is 0 Å². The summed E-state index contributed by atoms with van der Waals surface area (Å²) >= 11 is 0. The molecule has 0 aliphatic carbocycles. The normalized spacial score (nSPS) is 12.0. The molecule has 0 spiro atoms. The summed E-state index contributed by atoms with van der Waals surface area (Å²) in [6, 6.07) is 10.4. The van der Waals surface area contributed by atoms with Gasteiger partial charge in [0.05, 0.1) is 0 Å². The number of hydrogen-bond acceptors (Lipinski definition) is 5. The van der Waals surface area contributed by atoms with Crippen molar-refractivity contribution in [3.05, 3.63) is 54.5 Å².